The number of phenols is 1. The van der Waals surface area contributed by atoms with Crippen molar-refractivity contribution in [3.8, 4) is 11.5 Å². The minimum Gasteiger partial charge on any atom is -0.507 e. The number of fused-ring (bicyclic) bond motifs is 1. The fraction of sp³-hybridized carbons (Fsp3) is 0.400. The molecule has 5 nitrogen and oxygen atoms in total. The van der Waals surface area contributed by atoms with Crippen LogP contribution in [0.15, 0.2) is 36.1 Å². The van der Waals surface area contributed by atoms with Gasteiger partial charge in [-0.2, -0.15) is 0 Å². The molecule has 2 aliphatic rings. The Balaban J connectivity index is 1.63. The van der Waals surface area contributed by atoms with E-state index in [1.54, 1.807) is 12.1 Å². The number of aromatic hydroxyl groups is 1. The summed E-state index contributed by atoms with van der Waals surface area (Å²) in [4.78, 5) is 17.5. The van der Waals surface area contributed by atoms with Gasteiger partial charge in [0.25, 0.3) is 0 Å². The lowest BCUT2D eigenvalue weighted by Crippen LogP contribution is -2.32. The van der Waals surface area contributed by atoms with Crippen LogP contribution >= 0.6 is 0 Å². The molecule has 1 saturated heterocycles. The maximum absolute atomic E-state index is 13.1. The Bertz CT molecular complexity index is 984. The molecule has 1 fully saturated rings. The lowest BCUT2D eigenvalue weighted by atomic mass is 9.96. The smallest absolute Gasteiger partial charge is 0.232 e. The fourth-order valence-corrected chi connectivity index (χ4v) is 4.20. The Labute approximate surface area is 178 Å². The van der Waals surface area contributed by atoms with Crippen molar-refractivity contribution in [1.82, 2.24) is 4.90 Å². The summed E-state index contributed by atoms with van der Waals surface area (Å²) in [6.45, 7) is 6.72. The summed E-state index contributed by atoms with van der Waals surface area (Å²) in [5.41, 5.74) is 4.03. The van der Waals surface area contributed by atoms with Crippen molar-refractivity contribution in [2.45, 2.75) is 33.2 Å². The predicted octanol–water partition coefficient (Wildman–Crippen LogP) is 4.61. The molecule has 5 heteroatoms. The van der Waals surface area contributed by atoms with E-state index < -0.39 is 0 Å². The second-order valence-electron chi connectivity index (χ2n) is 8.78. The Morgan fingerprint density at radius 2 is 1.87 bits per heavy atom. The Kier molecular flexibility index (Phi) is 5.56. The molecule has 2 aromatic carbocycles. The highest BCUT2D eigenvalue weighted by atomic mass is 16.5. The van der Waals surface area contributed by atoms with Gasteiger partial charge in [0, 0.05) is 26.3 Å². The standard InChI is InChI=1S/C25H30N2O3/c1-16-9-11-27(12-10-16)15-20-21(28)13-17(2)23-24(29)22(30-25(20)23)14-18-5-7-19(8-6-18)26(3)4/h5-8,13-14,16,28H,9-12,15H2,1-4H3/b22-14-. The van der Waals surface area contributed by atoms with Gasteiger partial charge in [0.1, 0.15) is 11.5 Å². The first-order valence-corrected chi connectivity index (χ1v) is 10.6. The molecule has 0 amide bonds. The number of benzene rings is 2. The number of aryl methyl sites for hydroxylation is 1. The van der Waals surface area contributed by atoms with Crippen LogP contribution in [0.3, 0.4) is 0 Å². The topological polar surface area (TPSA) is 53.0 Å². The number of carbonyl (C=O) groups excluding carboxylic acids is 1. The highest BCUT2D eigenvalue weighted by Crippen LogP contribution is 2.42. The number of nitrogens with zero attached hydrogens (tertiary/aromatic N) is 2. The third-order valence-electron chi connectivity index (χ3n) is 6.19. The van der Waals surface area contributed by atoms with E-state index in [2.05, 4.69) is 11.8 Å². The molecule has 0 bridgehead atoms. The lowest BCUT2D eigenvalue weighted by Gasteiger charge is -2.30. The number of hydrogen-bond donors (Lipinski definition) is 1. The van der Waals surface area contributed by atoms with Crippen LogP contribution in [0.1, 0.15) is 46.8 Å². The molecule has 0 saturated carbocycles. The van der Waals surface area contributed by atoms with Crippen molar-refractivity contribution < 1.29 is 14.6 Å². The van der Waals surface area contributed by atoms with Gasteiger partial charge in [-0.1, -0.05) is 19.1 Å². The molecule has 0 spiro atoms. The van der Waals surface area contributed by atoms with Crippen LogP contribution in [0.25, 0.3) is 6.08 Å². The van der Waals surface area contributed by atoms with Crippen LogP contribution in [0, 0.1) is 12.8 Å². The molecule has 2 heterocycles. The molecule has 158 valence electrons. The number of ether oxygens (including phenoxy) is 1. The fourth-order valence-electron chi connectivity index (χ4n) is 4.20. The Morgan fingerprint density at radius 3 is 2.50 bits per heavy atom. The van der Waals surface area contributed by atoms with Crippen molar-refractivity contribution in [3.63, 3.8) is 0 Å². The summed E-state index contributed by atoms with van der Waals surface area (Å²) in [6, 6.07) is 9.67. The van der Waals surface area contributed by atoms with Crippen LogP contribution in [-0.2, 0) is 6.54 Å². The number of allylic oxidation sites excluding steroid dienone is 1. The summed E-state index contributed by atoms with van der Waals surface area (Å²) in [5.74, 6) is 1.66. The van der Waals surface area contributed by atoms with E-state index >= 15 is 0 Å². The molecule has 0 atom stereocenters. The number of phenolic OH excluding ortho intramolecular Hbond substituents is 1. The minimum absolute atomic E-state index is 0.118. The van der Waals surface area contributed by atoms with Crippen molar-refractivity contribution in [3.05, 3.63) is 58.3 Å². The van der Waals surface area contributed by atoms with Gasteiger partial charge >= 0.3 is 0 Å². The molecular formula is C25H30N2O3. The van der Waals surface area contributed by atoms with Crippen LogP contribution in [0.4, 0.5) is 5.69 Å². The van der Waals surface area contributed by atoms with E-state index in [0.717, 1.165) is 48.7 Å². The van der Waals surface area contributed by atoms with Crippen LogP contribution in [0.5, 0.6) is 11.5 Å². The van der Waals surface area contributed by atoms with Crippen LogP contribution < -0.4 is 9.64 Å². The van der Waals surface area contributed by atoms with Crippen molar-refractivity contribution in [2.24, 2.45) is 5.92 Å². The maximum atomic E-state index is 13.1. The molecule has 4 rings (SSSR count). The predicted molar refractivity (Wildman–Crippen MR) is 120 cm³/mol. The van der Waals surface area contributed by atoms with E-state index in [0.29, 0.717) is 29.2 Å². The molecule has 30 heavy (non-hydrogen) atoms. The average molecular weight is 407 g/mol. The number of ketones is 1. The van der Waals surface area contributed by atoms with Crippen LogP contribution in [-0.4, -0.2) is 43.0 Å². The number of piperidine rings is 1. The third-order valence-corrected chi connectivity index (χ3v) is 6.19. The zero-order valence-corrected chi connectivity index (χ0v) is 18.2. The van der Waals surface area contributed by atoms with E-state index in [1.807, 2.05) is 50.2 Å². The number of rotatable bonds is 4. The van der Waals surface area contributed by atoms with Gasteiger partial charge in [-0.05, 0) is 74.2 Å². The minimum atomic E-state index is -0.118. The Morgan fingerprint density at radius 1 is 1.20 bits per heavy atom. The number of anilines is 1. The molecule has 2 aromatic rings. The molecule has 2 aliphatic heterocycles. The lowest BCUT2D eigenvalue weighted by molar-refractivity contribution is 0.101. The zero-order chi connectivity index (χ0) is 21.4. The number of carbonyl (C=O) groups is 1. The van der Waals surface area contributed by atoms with Crippen molar-refractivity contribution in [2.75, 3.05) is 32.1 Å². The van der Waals surface area contributed by atoms with Crippen molar-refractivity contribution in [1.29, 1.82) is 0 Å². The molecule has 0 unspecified atom stereocenters. The summed E-state index contributed by atoms with van der Waals surface area (Å²) < 4.78 is 6.07. The summed E-state index contributed by atoms with van der Waals surface area (Å²) in [5, 5.41) is 10.6. The quantitative estimate of drug-likeness (QED) is 0.751. The second kappa shape index (κ2) is 8.15. The normalized spacial score (nSPS) is 18.5. The second-order valence-corrected chi connectivity index (χ2v) is 8.78. The zero-order valence-electron chi connectivity index (χ0n) is 18.2. The first kappa shape index (κ1) is 20.5. The number of Topliss-reactive ketones (excluding diaryl/α,β-unsaturated/α-hetero) is 1. The molecule has 0 aromatic heterocycles. The van der Waals surface area contributed by atoms with Gasteiger partial charge in [-0.25, -0.2) is 0 Å². The highest BCUT2D eigenvalue weighted by molar-refractivity contribution is 6.15. The largest absolute Gasteiger partial charge is 0.507 e. The van der Waals surface area contributed by atoms with E-state index in [-0.39, 0.29) is 11.5 Å². The van der Waals surface area contributed by atoms with Gasteiger partial charge in [0.15, 0.2) is 5.76 Å². The summed E-state index contributed by atoms with van der Waals surface area (Å²) in [6.07, 6.45) is 4.09. The average Bonchev–Trinajstić information content (AvgIpc) is 3.03. The molecular weight excluding hydrogens is 376 g/mol. The van der Waals surface area contributed by atoms with E-state index in [9.17, 15) is 9.90 Å². The van der Waals surface area contributed by atoms with Gasteiger partial charge in [0.05, 0.1) is 11.1 Å². The van der Waals surface area contributed by atoms with Gasteiger partial charge in [-0.15, -0.1) is 0 Å². The van der Waals surface area contributed by atoms with E-state index in [1.165, 1.54) is 0 Å². The Hall–Kier alpha value is -2.79. The molecule has 0 radical (unpaired) electrons. The third kappa shape index (κ3) is 3.94. The summed E-state index contributed by atoms with van der Waals surface area (Å²) in [7, 11) is 3.99. The molecule has 1 N–H and O–H groups in total. The van der Waals surface area contributed by atoms with Gasteiger partial charge in [-0.3, -0.25) is 9.69 Å². The van der Waals surface area contributed by atoms with Gasteiger partial charge < -0.3 is 14.7 Å². The molecule has 0 aliphatic carbocycles. The SMILES string of the molecule is Cc1cc(O)c(CN2CCC(C)CC2)c2c1C(=O)/C(=C/c1ccc(N(C)C)cc1)O2. The van der Waals surface area contributed by atoms with E-state index in [4.69, 9.17) is 4.74 Å². The van der Waals surface area contributed by atoms with Crippen LogP contribution in [0.2, 0.25) is 0 Å². The number of likely N-dealkylation sites (tertiary alicyclic amines) is 1. The van der Waals surface area contributed by atoms with Gasteiger partial charge in [0.2, 0.25) is 5.78 Å². The maximum Gasteiger partial charge on any atom is 0.232 e. The highest BCUT2D eigenvalue weighted by Gasteiger charge is 2.34. The first-order valence-electron chi connectivity index (χ1n) is 10.6. The summed E-state index contributed by atoms with van der Waals surface area (Å²) >= 11 is 0. The number of hydrogen-bond acceptors (Lipinski definition) is 5. The monoisotopic (exact) mass is 406 g/mol. The first-order chi connectivity index (χ1) is 14.3. The van der Waals surface area contributed by atoms with Crippen molar-refractivity contribution >= 4 is 17.5 Å².